The van der Waals surface area contributed by atoms with Crippen molar-refractivity contribution in [1.29, 1.82) is 0 Å². The van der Waals surface area contributed by atoms with Crippen LogP contribution < -0.4 is 5.32 Å². The van der Waals surface area contributed by atoms with Gasteiger partial charge >= 0.3 is 0 Å². The fourth-order valence-corrected chi connectivity index (χ4v) is 10.2. The van der Waals surface area contributed by atoms with Crippen molar-refractivity contribution in [2.75, 3.05) is 19.8 Å². The second-order valence-corrected chi connectivity index (χ2v) is 21.8. The Morgan fingerprint density at radius 2 is 0.892 bits per heavy atom. The van der Waals surface area contributed by atoms with Crippen molar-refractivity contribution in [3.8, 4) is 0 Å². The Hall–Kier alpha value is -1.53. The van der Waals surface area contributed by atoms with Crippen molar-refractivity contribution in [2.24, 2.45) is 0 Å². The second-order valence-electron chi connectivity index (χ2n) is 21.8. The number of hydrogen-bond donors (Lipinski definition) is 9. The molecule has 12 unspecified atom stereocenters. The van der Waals surface area contributed by atoms with Crippen LogP contribution in [0.3, 0.4) is 0 Å². The standard InChI is InChI=1S/C60H113NO13/c1-3-5-7-9-11-13-15-17-19-21-22-23-24-25-26-28-30-32-34-36-38-40-42-44-52(65)61-48(49(64)43-41-39-37-35-33-31-29-27-20-18-16-14-12-10-8-6-4-2)47-71-59-57(70)55(68)58(51(46-63)73-59)74-60-56(69)54(67)53(66)50(45-62)72-60/h15,17,21-22,48-51,53-60,62-64,66-70H,3-14,16,18-20,23-47H2,1-2H3,(H,61,65)/b17-15-,22-21-. The molecule has 9 N–H and O–H groups in total. The molecule has 2 saturated heterocycles. The van der Waals surface area contributed by atoms with Gasteiger partial charge in [0, 0.05) is 6.42 Å². The third-order valence-electron chi connectivity index (χ3n) is 15.2. The quantitative estimate of drug-likeness (QED) is 0.0204. The molecule has 2 aliphatic rings. The fraction of sp³-hybridized carbons (Fsp3) is 0.917. The molecule has 0 aromatic carbocycles. The summed E-state index contributed by atoms with van der Waals surface area (Å²) < 4.78 is 22.8. The lowest BCUT2D eigenvalue weighted by Gasteiger charge is -2.46. The Kier molecular flexibility index (Phi) is 43.0. The number of amides is 1. The van der Waals surface area contributed by atoms with Gasteiger partial charge in [0.1, 0.15) is 48.8 Å². The Labute approximate surface area is 449 Å². The van der Waals surface area contributed by atoms with E-state index in [2.05, 4.69) is 43.5 Å². The summed E-state index contributed by atoms with van der Waals surface area (Å²) in [7, 11) is 0. The minimum absolute atomic E-state index is 0.206. The van der Waals surface area contributed by atoms with E-state index in [1.165, 1.54) is 173 Å². The molecular weight excluding hydrogens is 943 g/mol. The molecule has 1 amide bonds. The minimum atomic E-state index is -1.78. The molecule has 0 spiro atoms. The normalized spacial score (nSPS) is 25.3. The Morgan fingerprint density at radius 3 is 1.35 bits per heavy atom. The predicted molar refractivity (Wildman–Crippen MR) is 295 cm³/mol. The van der Waals surface area contributed by atoms with E-state index in [1.54, 1.807) is 0 Å². The van der Waals surface area contributed by atoms with E-state index in [9.17, 15) is 45.6 Å². The van der Waals surface area contributed by atoms with E-state index < -0.39 is 86.8 Å². The van der Waals surface area contributed by atoms with Gasteiger partial charge in [-0.25, -0.2) is 0 Å². The van der Waals surface area contributed by atoms with Crippen LogP contribution in [0.15, 0.2) is 24.3 Å². The van der Waals surface area contributed by atoms with Crippen molar-refractivity contribution in [3.05, 3.63) is 24.3 Å². The number of aliphatic hydroxyl groups excluding tert-OH is 8. The smallest absolute Gasteiger partial charge is 0.220 e. The number of rotatable bonds is 49. The summed E-state index contributed by atoms with van der Waals surface area (Å²) in [6.07, 6.45) is 37.4. The molecule has 74 heavy (non-hydrogen) atoms. The van der Waals surface area contributed by atoms with Crippen LogP contribution in [0.5, 0.6) is 0 Å². The van der Waals surface area contributed by atoms with Crippen LogP contribution in [0.1, 0.15) is 258 Å². The highest BCUT2D eigenvalue weighted by atomic mass is 16.7. The van der Waals surface area contributed by atoms with Gasteiger partial charge in [0.15, 0.2) is 12.6 Å². The molecule has 0 aromatic rings. The van der Waals surface area contributed by atoms with Gasteiger partial charge in [-0.15, -0.1) is 0 Å². The van der Waals surface area contributed by atoms with Crippen LogP contribution in [0.4, 0.5) is 0 Å². The first-order valence-corrected chi connectivity index (χ1v) is 30.6. The number of hydrogen-bond acceptors (Lipinski definition) is 13. The number of aliphatic hydroxyl groups is 8. The zero-order chi connectivity index (χ0) is 53.9. The summed E-state index contributed by atoms with van der Waals surface area (Å²) >= 11 is 0. The summed E-state index contributed by atoms with van der Waals surface area (Å²) in [5.74, 6) is -0.206. The third-order valence-corrected chi connectivity index (χ3v) is 15.2. The van der Waals surface area contributed by atoms with Gasteiger partial charge in [0.2, 0.25) is 5.91 Å². The molecule has 0 aliphatic carbocycles. The molecule has 2 fully saturated rings. The minimum Gasteiger partial charge on any atom is -0.394 e. The number of carbonyl (C=O) groups excluding carboxylic acids is 1. The monoisotopic (exact) mass is 1060 g/mol. The van der Waals surface area contributed by atoms with Gasteiger partial charge < -0.3 is 65.1 Å². The Balaban J connectivity index is 1.74. The number of allylic oxidation sites excluding steroid dienone is 4. The summed E-state index contributed by atoms with van der Waals surface area (Å²) in [5, 5.41) is 87.3. The SMILES string of the molecule is CCCCCCC/C=C\C/C=C\CCCCCCCCCCCCCC(=O)NC(COC1OC(CO)C(OC2OC(CO)C(O)C(O)C2O)C(O)C1O)C(O)CCCCCCCCCCCCCCCCCCC. The molecule has 2 heterocycles. The molecule has 436 valence electrons. The average molecular weight is 1060 g/mol. The topological polar surface area (TPSA) is 228 Å². The molecule has 14 heteroatoms. The van der Waals surface area contributed by atoms with Crippen molar-refractivity contribution in [1.82, 2.24) is 5.32 Å². The predicted octanol–water partition coefficient (Wildman–Crippen LogP) is 10.4. The van der Waals surface area contributed by atoms with Crippen molar-refractivity contribution >= 4 is 5.91 Å². The van der Waals surface area contributed by atoms with Crippen LogP contribution in [-0.2, 0) is 23.7 Å². The number of nitrogens with one attached hydrogen (secondary N) is 1. The zero-order valence-electron chi connectivity index (χ0n) is 46.8. The summed E-state index contributed by atoms with van der Waals surface area (Å²) in [5.41, 5.74) is 0. The molecule has 2 rings (SSSR count). The van der Waals surface area contributed by atoms with E-state index >= 15 is 0 Å². The lowest BCUT2D eigenvalue weighted by Crippen LogP contribution is -2.65. The van der Waals surface area contributed by atoms with Gasteiger partial charge in [-0.1, -0.05) is 231 Å². The molecule has 0 aromatic heterocycles. The molecule has 14 nitrogen and oxygen atoms in total. The first-order valence-electron chi connectivity index (χ1n) is 30.6. The van der Waals surface area contributed by atoms with Gasteiger partial charge in [0.05, 0.1) is 32.0 Å². The fourth-order valence-electron chi connectivity index (χ4n) is 10.2. The maximum absolute atomic E-state index is 13.3. The number of unbranched alkanes of at least 4 members (excludes halogenated alkanes) is 32. The Bertz CT molecular complexity index is 1340. The van der Waals surface area contributed by atoms with Gasteiger partial charge in [-0.05, 0) is 44.9 Å². The maximum Gasteiger partial charge on any atom is 0.220 e. The number of ether oxygens (including phenoxy) is 4. The summed E-state index contributed by atoms with van der Waals surface area (Å²) in [6, 6.07) is -0.828. The first-order chi connectivity index (χ1) is 36.1. The van der Waals surface area contributed by atoms with E-state index in [-0.39, 0.29) is 12.5 Å². The van der Waals surface area contributed by atoms with Gasteiger partial charge in [0.25, 0.3) is 0 Å². The molecule has 12 atom stereocenters. The maximum atomic E-state index is 13.3. The number of carbonyl (C=O) groups is 1. The van der Waals surface area contributed by atoms with Crippen LogP contribution in [0.25, 0.3) is 0 Å². The highest BCUT2D eigenvalue weighted by Gasteiger charge is 2.51. The van der Waals surface area contributed by atoms with Crippen LogP contribution >= 0.6 is 0 Å². The zero-order valence-corrected chi connectivity index (χ0v) is 46.8. The van der Waals surface area contributed by atoms with Crippen LogP contribution in [0, 0.1) is 0 Å². The van der Waals surface area contributed by atoms with Crippen molar-refractivity contribution in [3.63, 3.8) is 0 Å². The molecular formula is C60H113NO13. The van der Waals surface area contributed by atoms with E-state index in [0.717, 1.165) is 57.8 Å². The highest BCUT2D eigenvalue weighted by Crippen LogP contribution is 2.30. The largest absolute Gasteiger partial charge is 0.394 e. The molecule has 0 saturated carbocycles. The van der Waals surface area contributed by atoms with E-state index in [0.29, 0.717) is 12.8 Å². The molecule has 2 aliphatic heterocycles. The van der Waals surface area contributed by atoms with Gasteiger partial charge in [-0.3, -0.25) is 4.79 Å². The second kappa shape index (κ2) is 46.4. The lowest BCUT2D eigenvalue weighted by molar-refractivity contribution is -0.359. The average Bonchev–Trinajstić information content (AvgIpc) is 3.40. The molecule has 0 radical (unpaired) electrons. The van der Waals surface area contributed by atoms with Crippen LogP contribution in [-0.4, -0.2) is 140 Å². The summed E-state index contributed by atoms with van der Waals surface area (Å²) in [6.45, 7) is 2.87. The van der Waals surface area contributed by atoms with E-state index in [4.69, 9.17) is 18.9 Å². The van der Waals surface area contributed by atoms with Gasteiger partial charge in [-0.2, -0.15) is 0 Å². The highest BCUT2D eigenvalue weighted by molar-refractivity contribution is 5.76. The third kappa shape index (κ3) is 31.8. The van der Waals surface area contributed by atoms with Crippen molar-refractivity contribution < 1.29 is 64.6 Å². The first kappa shape index (κ1) is 68.6. The summed E-state index contributed by atoms with van der Waals surface area (Å²) in [4.78, 5) is 13.3. The van der Waals surface area contributed by atoms with E-state index in [1.807, 2.05) is 0 Å². The lowest BCUT2D eigenvalue weighted by atomic mass is 9.97. The van der Waals surface area contributed by atoms with Crippen molar-refractivity contribution in [2.45, 2.75) is 331 Å². The Morgan fingerprint density at radius 1 is 0.486 bits per heavy atom. The molecule has 0 bridgehead atoms. The van der Waals surface area contributed by atoms with Crippen LogP contribution in [0.2, 0.25) is 0 Å².